The maximum Gasteiger partial charge on any atom is 0.407 e. The highest BCUT2D eigenvalue weighted by atomic mass is 19.0. The standard InChI is InChI=1S/C32H37N3O6.C31H35N3O6.CH4.FH/c1-32(2,3)28-29(36)35-19-21(18-26(35)30(37)39-4)41-34-27-24-13-9-8-12-22(24)23-15-14-20(17-25(23)27)11-7-5-6-10-16-40-31(38)33-28;1-31(2,3)27-28(35)34-18-20(17-25(34)29(36)37)40-33-26-23-12-8-7-11-21(23)22-14-13-19(16-24(22)26)10-6-4-5-9-15-39-30(38)32-27;;/h7-9,11-15,17,21,26,28H,5-6,10,16,18-19H2,1-4H3,(H,33,38);6-8,10-14,16,20,25,27H,4-5,9,15,17-18H2,1-3H3,(H,32,38)(H,36,37);1H4;1H/b11-7+,34-27?;10-6+,33-26?;;/t21-,26+,28-;20-,25+,27-;;/m11../s1. The Labute approximate surface area is 484 Å². The van der Waals surface area contributed by atoms with Gasteiger partial charge in [-0.05, 0) is 94.9 Å². The molecular formula is C64H77FN6O12. The van der Waals surface area contributed by atoms with Crippen molar-refractivity contribution in [3.05, 3.63) is 130 Å². The van der Waals surface area contributed by atoms with Gasteiger partial charge in [-0.15, -0.1) is 0 Å². The van der Waals surface area contributed by atoms with E-state index < -0.39 is 83.1 Å². The van der Waals surface area contributed by atoms with Gasteiger partial charge in [0.1, 0.15) is 47.8 Å². The summed E-state index contributed by atoms with van der Waals surface area (Å²) < 4.78 is 15.8. The number of halogens is 1. The minimum absolute atomic E-state index is 0. The first-order chi connectivity index (χ1) is 38.8. The van der Waals surface area contributed by atoms with Crippen LogP contribution in [0.3, 0.4) is 0 Å². The van der Waals surface area contributed by atoms with Gasteiger partial charge in [-0.1, -0.05) is 156 Å². The van der Waals surface area contributed by atoms with E-state index in [0.29, 0.717) is 18.6 Å². The summed E-state index contributed by atoms with van der Waals surface area (Å²) >= 11 is 0. The Bertz CT molecular complexity index is 3200. The number of amides is 4. The summed E-state index contributed by atoms with van der Waals surface area (Å²) in [6, 6.07) is 24.7. The monoisotopic (exact) mass is 1140 g/mol. The molecule has 0 saturated carbocycles. The van der Waals surface area contributed by atoms with Crippen molar-refractivity contribution in [2.75, 3.05) is 33.4 Å². The number of esters is 1. The zero-order chi connectivity index (χ0) is 57.6. The number of methoxy groups -OCH3 is 1. The number of cyclic esters (lactones) is 2. The number of allylic oxidation sites excluding steroid dienone is 2. The van der Waals surface area contributed by atoms with E-state index in [1.807, 2.05) is 84.0 Å². The molecule has 10 rings (SSSR count). The van der Waals surface area contributed by atoms with Gasteiger partial charge in [0.25, 0.3) is 0 Å². The molecule has 18 nitrogen and oxygen atoms in total. The van der Waals surface area contributed by atoms with Gasteiger partial charge in [0, 0.05) is 35.1 Å². The molecule has 2 fully saturated rings. The number of rotatable bonds is 2. The summed E-state index contributed by atoms with van der Waals surface area (Å²) in [5.74, 6) is -2.56. The molecule has 6 aliphatic rings. The lowest BCUT2D eigenvalue weighted by molar-refractivity contribution is -0.152. The number of carboxylic acid groups (broad SMARTS) is 1. The third-order valence-electron chi connectivity index (χ3n) is 15.3. The molecule has 3 N–H and O–H groups in total. The predicted octanol–water partition coefficient (Wildman–Crippen LogP) is 10.5. The number of carbonyl (C=O) groups is 6. The minimum atomic E-state index is -1.13. The van der Waals surface area contributed by atoms with Crippen LogP contribution in [-0.2, 0) is 43.1 Å². The Morgan fingerprint density at radius 1 is 0.578 bits per heavy atom. The van der Waals surface area contributed by atoms with Crippen LogP contribution < -0.4 is 10.6 Å². The second kappa shape index (κ2) is 26.7. The van der Waals surface area contributed by atoms with Gasteiger partial charge in [-0.3, -0.25) is 14.3 Å². The number of hydrogen-bond donors (Lipinski definition) is 3. The quantitative estimate of drug-likeness (QED) is 0.109. The van der Waals surface area contributed by atoms with Gasteiger partial charge >= 0.3 is 24.1 Å². The molecule has 8 bridgehead atoms. The topological polar surface area (TPSA) is 224 Å². The highest BCUT2D eigenvalue weighted by Gasteiger charge is 2.48. The van der Waals surface area contributed by atoms with Gasteiger partial charge in [0.2, 0.25) is 11.8 Å². The summed E-state index contributed by atoms with van der Waals surface area (Å²) in [5, 5.41) is 24.5. The third kappa shape index (κ3) is 14.1. The molecule has 4 aromatic carbocycles. The minimum Gasteiger partial charge on any atom is -0.480 e. The maximum absolute atomic E-state index is 13.9. The van der Waals surface area contributed by atoms with E-state index in [1.54, 1.807) is 0 Å². The van der Waals surface area contributed by atoms with E-state index in [0.717, 1.165) is 87.0 Å². The fraction of sp³-hybridized carbons (Fsp3) is 0.438. The zero-order valence-corrected chi connectivity index (χ0v) is 47.5. The van der Waals surface area contributed by atoms with Crippen LogP contribution >= 0.6 is 0 Å². The molecular weight excluding hydrogens is 1060 g/mol. The van der Waals surface area contributed by atoms with Crippen LogP contribution in [0.15, 0.2) is 107 Å². The molecule has 2 saturated heterocycles. The van der Waals surface area contributed by atoms with Gasteiger partial charge in [0.05, 0.1) is 33.4 Å². The van der Waals surface area contributed by atoms with Crippen molar-refractivity contribution in [3.8, 4) is 22.3 Å². The second-order valence-electron chi connectivity index (χ2n) is 23.3. The number of fused-ring (bicyclic) bond motifs is 12. The van der Waals surface area contributed by atoms with Crippen molar-refractivity contribution in [1.29, 1.82) is 0 Å². The number of carbonyl (C=O) groups excluding carboxylic acids is 5. The van der Waals surface area contributed by atoms with Crippen LogP contribution in [0.1, 0.15) is 134 Å². The molecule has 0 unspecified atom stereocenters. The van der Waals surface area contributed by atoms with Crippen LogP contribution in [0.25, 0.3) is 34.4 Å². The Morgan fingerprint density at radius 2 is 0.976 bits per heavy atom. The van der Waals surface area contributed by atoms with Crippen molar-refractivity contribution >= 4 is 59.5 Å². The normalized spacial score (nSPS) is 23.5. The molecule has 2 aliphatic carbocycles. The fourth-order valence-corrected chi connectivity index (χ4v) is 11.1. The number of aliphatic carboxylic acids is 1. The molecule has 0 radical (unpaired) electrons. The number of benzene rings is 4. The van der Waals surface area contributed by atoms with E-state index in [1.165, 1.54) is 16.9 Å². The van der Waals surface area contributed by atoms with E-state index in [9.17, 15) is 33.9 Å². The number of ether oxygens (including phenoxy) is 3. The van der Waals surface area contributed by atoms with Crippen LogP contribution in [0.2, 0.25) is 0 Å². The molecule has 4 aromatic rings. The molecule has 4 aliphatic heterocycles. The highest BCUT2D eigenvalue weighted by Crippen LogP contribution is 2.40. The van der Waals surface area contributed by atoms with Gasteiger partial charge in [-0.25, -0.2) is 19.2 Å². The first kappa shape index (κ1) is 62.3. The summed E-state index contributed by atoms with van der Waals surface area (Å²) in [7, 11) is 1.29. The predicted molar refractivity (Wildman–Crippen MR) is 315 cm³/mol. The molecule has 83 heavy (non-hydrogen) atoms. The van der Waals surface area contributed by atoms with Crippen LogP contribution in [-0.4, -0.2) is 132 Å². The number of hydrogen-bond acceptors (Lipinski definition) is 13. The smallest absolute Gasteiger partial charge is 0.407 e. The Hall–Kier alpha value is -8.35. The third-order valence-corrected chi connectivity index (χ3v) is 15.3. The molecule has 4 amide bonds. The average Bonchev–Trinajstić information content (AvgIpc) is 4.21. The highest BCUT2D eigenvalue weighted by molar-refractivity contribution is 6.25. The Morgan fingerprint density at radius 3 is 1.39 bits per heavy atom. The summed E-state index contributed by atoms with van der Waals surface area (Å²) in [6.45, 7) is 11.6. The molecule has 0 aromatic heterocycles. The average molecular weight is 1140 g/mol. The Balaban J connectivity index is 0.000000233. The molecule has 6 atom stereocenters. The van der Waals surface area contributed by atoms with Crippen LogP contribution in [0.4, 0.5) is 14.3 Å². The van der Waals surface area contributed by atoms with Crippen molar-refractivity contribution in [1.82, 2.24) is 20.4 Å². The van der Waals surface area contributed by atoms with Crippen molar-refractivity contribution < 1.29 is 62.5 Å². The van der Waals surface area contributed by atoms with Gasteiger partial charge < -0.3 is 49.4 Å². The van der Waals surface area contributed by atoms with E-state index >= 15 is 0 Å². The van der Waals surface area contributed by atoms with Gasteiger partial charge in [-0.2, -0.15) is 0 Å². The lowest BCUT2D eigenvalue weighted by atomic mass is 9.85. The van der Waals surface area contributed by atoms with Crippen molar-refractivity contribution in [2.24, 2.45) is 21.1 Å². The summed E-state index contributed by atoms with van der Waals surface area (Å²) in [4.78, 5) is 92.5. The van der Waals surface area contributed by atoms with E-state index in [-0.39, 0.29) is 51.3 Å². The van der Waals surface area contributed by atoms with E-state index in [2.05, 4.69) is 87.7 Å². The van der Waals surface area contributed by atoms with Crippen molar-refractivity contribution in [2.45, 2.75) is 137 Å². The molecule has 4 heterocycles. The number of carboxylic acids is 1. The largest absolute Gasteiger partial charge is 0.480 e. The molecule has 19 heteroatoms. The number of oxime groups is 2. The lowest BCUT2D eigenvalue weighted by Gasteiger charge is -2.34. The van der Waals surface area contributed by atoms with Crippen molar-refractivity contribution in [3.63, 3.8) is 0 Å². The van der Waals surface area contributed by atoms with Crippen LogP contribution in [0.5, 0.6) is 0 Å². The Kier molecular flexibility index (Phi) is 20.0. The fourth-order valence-electron chi connectivity index (χ4n) is 11.1. The zero-order valence-electron chi connectivity index (χ0n) is 47.5. The summed E-state index contributed by atoms with van der Waals surface area (Å²) in [5.41, 5.74) is 10.3. The summed E-state index contributed by atoms with van der Waals surface area (Å²) in [6.07, 6.45) is 10.8. The maximum atomic E-state index is 13.9. The SMILES string of the molecule is C.CC(C)(C)[C@@H]1NC(=O)OCCCC/C=C/c2ccc3c(c2)C(=NO[C@@H]2C[C@@H](C(=O)O)N(C2)C1=O)c1ccccc1-3.COC(=O)[C@@H]1C[C@@H]2CN1C(=O)[C@H](C(C)(C)C)NC(=O)OCCCC/C=C/c1ccc3c(c1)C(=NO2)c1ccccc1-3.F. The molecule has 442 valence electrons. The number of nitrogens with one attached hydrogen (secondary N) is 2. The van der Waals surface area contributed by atoms with Gasteiger partial charge in [0.15, 0.2) is 0 Å². The number of alkyl carbamates (subject to hydrolysis) is 2. The first-order valence-electron chi connectivity index (χ1n) is 27.9. The number of nitrogens with zero attached hydrogens (tertiary/aromatic N) is 4. The lowest BCUT2D eigenvalue weighted by Crippen LogP contribution is -2.57. The van der Waals surface area contributed by atoms with Crippen LogP contribution in [0, 0.1) is 10.8 Å². The molecule has 0 spiro atoms. The van der Waals surface area contributed by atoms with E-state index in [4.69, 9.17) is 23.9 Å². The second-order valence-corrected chi connectivity index (χ2v) is 23.3. The first-order valence-corrected chi connectivity index (χ1v) is 27.9.